The number of amides is 2. The van der Waals surface area contributed by atoms with Crippen molar-refractivity contribution in [1.29, 1.82) is 0 Å². The average Bonchev–Trinajstić information content (AvgIpc) is 2.96. The van der Waals surface area contributed by atoms with Gasteiger partial charge in [-0.25, -0.2) is 4.68 Å². The lowest BCUT2D eigenvalue weighted by Gasteiger charge is -2.32. The van der Waals surface area contributed by atoms with Crippen molar-refractivity contribution in [3.05, 3.63) is 46.7 Å². The van der Waals surface area contributed by atoms with Gasteiger partial charge in [0.1, 0.15) is 0 Å². The molecule has 6 nitrogen and oxygen atoms in total. The van der Waals surface area contributed by atoms with Crippen LogP contribution in [0.2, 0.25) is 5.02 Å². The molecule has 0 spiro atoms. The van der Waals surface area contributed by atoms with Gasteiger partial charge in [0.15, 0.2) is 5.69 Å². The standard InChI is InChI=1S/C16H17ClN4O2/c1-12-9-15(16(23)20-7-5-19(11-22)6-8-20)18-21(12)14-4-2-3-13(17)10-14/h2-4,9-11H,5-8H2,1H3. The van der Waals surface area contributed by atoms with Crippen molar-refractivity contribution in [1.82, 2.24) is 19.6 Å². The molecule has 7 heteroatoms. The number of carbonyl (C=O) groups excluding carboxylic acids is 2. The summed E-state index contributed by atoms with van der Waals surface area (Å²) in [5, 5.41) is 5.04. The zero-order valence-electron chi connectivity index (χ0n) is 12.8. The van der Waals surface area contributed by atoms with Crippen LogP contribution in [-0.2, 0) is 4.79 Å². The summed E-state index contributed by atoms with van der Waals surface area (Å²) in [7, 11) is 0. The number of piperazine rings is 1. The molecule has 1 aliphatic heterocycles. The highest BCUT2D eigenvalue weighted by atomic mass is 35.5. The minimum Gasteiger partial charge on any atom is -0.342 e. The van der Waals surface area contributed by atoms with Crippen LogP contribution in [0.3, 0.4) is 0 Å². The van der Waals surface area contributed by atoms with Crippen molar-refractivity contribution in [2.24, 2.45) is 0 Å². The van der Waals surface area contributed by atoms with Crippen LogP contribution in [0.15, 0.2) is 30.3 Å². The van der Waals surface area contributed by atoms with Crippen LogP contribution in [0.4, 0.5) is 0 Å². The fourth-order valence-electron chi connectivity index (χ4n) is 2.64. The molecule has 1 saturated heterocycles. The van der Waals surface area contributed by atoms with Crippen LogP contribution in [-0.4, -0.2) is 58.1 Å². The van der Waals surface area contributed by atoms with E-state index in [0.29, 0.717) is 36.9 Å². The molecule has 23 heavy (non-hydrogen) atoms. The molecule has 0 atom stereocenters. The Labute approximate surface area is 139 Å². The SMILES string of the molecule is Cc1cc(C(=O)N2CCN(C=O)CC2)nn1-c1cccc(Cl)c1. The summed E-state index contributed by atoms with van der Waals surface area (Å²) in [4.78, 5) is 26.7. The Morgan fingerprint density at radius 1 is 1.22 bits per heavy atom. The first-order valence-corrected chi connectivity index (χ1v) is 7.77. The zero-order chi connectivity index (χ0) is 16.4. The second kappa shape index (κ2) is 6.42. The van der Waals surface area contributed by atoms with Gasteiger partial charge in [0, 0.05) is 36.9 Å². The van der Waals surface area contributed by atoms with Crippen molar-refractivity contribution in [2.75, 3.05) is 26.2 Å². The predicted octanol–water partition coefficient (Wildman–Crippen LogP) is 1.75. The Hall–Kier alpha value is -2.34. The van der Waals surface area contributed by atoms with Gasteiger partial charge in [0.05, 0.1) is 5.69 Å². The Morgan fingerprint density at radius 2 is 1.96 bits per heavy atom. The molecule has 0 radical (unpaired) electrons. The van der Waals surface area contributed by atoms with Crippen molar-refractivity contribution < 1.29 is 9.59 Å². The van der Waals surface area contributed by atoms with Crippen molar-refractivity contribution in [2.45, 2.75) is 6.92 Å². The van der Waals surface area contributed by atoms with Gasteiger partial charge < -0.3 is 9.80 Å². The third-order valence-corrected chi connectivity index (χ3v) is 4.14. The number of aromatic nitrogens is 2. The highest BCUT2D eigenvalue weighted by Crippen LogP contribution is 2.17. The van der Waals surface area contributed by atoms with Crippen LogP contribution in [0, 0.1) is 6.92 Å². The highest BCUT2D eigenvalue weighted by Gasteiger charge is 2.23. The molecular formula is C16H17ClN4O2. The molecule has 0 bridgehead atoms. The van der Waals surface area contributed by atoms with Crippen LogP contribution < -0.4 is 0 Å². The summed E-state index contributed by atoms with van der Waals surface area (Å²) in [5.41, 5.74) is 2.09. The molecular weight excluding hydrogens is 316 g/mol. The first-order valence-electron chi connectivity index (χ1n) is 7.40. The molecule has 0 unspecified atom stereocenters. The number of benzene rings is 1. The molecule has 2 amide bonds. The Kier molecular flexibility index (Phi) is 4.34. The lowest BCUT2D eigenvalue weighted by atomic mass is 10.2. The van der Waals surface area contributed by atoms with E-state index in [1.165, 1.54) is 0 Å². The van der Waals surface area contributed by atoms with Crippen molar-refractivity contribution in [3.8, 4) is 5.69 Å². The molecule has 2 aromatic rings. The zero-order valence-corrected chi connectivity index (χ0v) is 13.5. The van der Waals surface area contributed by atoms with E-state index in [9.17, 15) is 9.59 Å². The fourth-order valence-corrected chi connectivity index (χ4v) is 2.83. The van der Waals surface area contributed by atoms with E-state index >= 15 is 0 Å². The Balaban J connectivity index is 1.80. The number of halogens is 1. The summed E-state index contributed by atoms with van der Waals surface area (Å²) in [5.74, 6) is -0.112. The maximum Gasteiger partial charge on any atom is 0.274 e. The first-order chi connectivity index (χ1) is 11.1. The number of hydrogen-bond donors (Lipinski definition) is 0. The van der Waals surface area contributed by atoms with Gasteiger partial charge in [-0.05, 0) is 31.2 Å². The van der Waals surface area contributed by atoms with Crippen LogP contribution in [0.1, 0.15) is 16.2 Å². The Bertz CT molecular complexity index is 735. The average molecular weight is 333 g/mol. The van der Waals surface area contributed by atoms with E-state index in [1.54, 1.807) is 32.7 Å². The number of nitrogens with zero attached hydrogens (tertiary/aromatic N) is 4. The van der Waals surface area contributed by atoms with Crippen molar-refractivity contribution in [3.63, 3.8) is 0 Å². The molecule has 0 saturated carbocycles. The quantitative estimate of drug-likeness (QED) is 0.805. The van der Waals surface area contributed by atoms with Gasteiger partial charge in [0.2, 0.25) is 6.41 Å². The summed E-state index contributed by atoms with van der Waals surface area (Å²) in [6, 6.07) is 9.11. The van der Waals surface area contributed by atoms with Gasteiger partial charge in [-0.3, -0.25) is 9.59 Å². The van der Waals surface area contributed by atoms with E-state index in [2.05, 4.69) is 5.10 Å². The number of aryl methyl sites for hydroxylation is 1. The number of carbonyl (C=O) groups is 2. The molecule has 3 rings (SSSR count). The lowest BCUT2D eigenvalue weighted by molar-refractivity contribution is -0.119. The maximum absolute atomic E-state index is 12.6. The van der Waals surface area contributed by atoms with E-state index in [4.69, 9.17) is 11.6 Å². The molecule has 1 aliphatic rings. The molecule has 0 aliphatic carbocycles. The molecule has 1 aromatic heterocycles. The molecule has 0 N–H and O–H groups in total. The van der Waals surface area contributed by atoms with E-state index in [-0.39, 0.29) is 5.91 Å². The van der Waals surface area contributed by atoms with Gasteiger partial charge >= 0.3 is 0 Å². The monoisotopic (exact) mass is 332 g/mol. The first kappa shape index (κ1) is 15.6. The smallest absolute Gasteiger partial charge is 0.274 e. The second-order valence-electron chi connectivity index (χ2n) is 5.50. The lowest BCUT2D eigenvalue weighted by Crippen LogP contribution is -2.48. The summed E-state index contributed by atoms with van der Waals surface area (Å²) in [6.07, 6.45) is 0.819. The Morgan fingerprint density at radius 3 is 2.61 bits per heavy atom. The van der Waals surface area contributed by atoms with Crippen LogP contribution in [0.5, 0.6) is 0 Å². The largest absolute Gasteiger partial charge is 0.342 e. The molecule has 1 fully saturated rings. The van der Waals surface area contributed by atoms with Crippen LogP contribution in [0.25, 0.3) is 5.69 Å². The predicted molar refractivity (Wildman–Crippen MR) is 86.9 cm³/mol. The normalized spacial score (nSPS) is 14.9. The molecule has 120 valence electrons. The number of rotatable bonds is 3. The minimum absolute atomic E-state index is 0.112. The molecule has 2 heterocycles. The van der Waals surface area contributed by atoms with Crippen molar-refractivity contribution >= 4 is 23.9 Å². The van der Waals surface area contributed by atoms with Gasteiger partial charge in [-0.1, -0.05) is 17.7 Å². The summed E-state index contributed by atoms with van der Waals surface area (Å²) >= 11 is 6.02. The van der Waals surface area contributed by atoms with E-state index in [0.717, 1.165) is 17.8 Å². The summed E-state index contributed by atoms with van der Waals surface area (Å²) in [6.45, 7) is 4.07. The minimum atomic E-state index is -0.112. The second-order valence-corrected chi connectivity index (χ2v) is 5.93. The summed E-state index contributed by atoms with van der Waals surface area (Å²) < 4.78 is 1.71. The number of hydrogen-bond acceptors (Lipinski definition) is 3. The fraction of sp³-hybridized carbons (Fsp3) is 0.312. The third-order valence-electron chi connectivity index (χ3n) is 3.91. The van der Waals surface area contributed by atoms with Gasteiger partial charge in [-0.15, -0.1) is 0 Å². The topological polar surface area (TPSA) is 58.4 Å². The van der Waals surface area contributed by atoms with Gasteiger partial charge in [-0.2, -0.15) is 5.10 Å². The third kappa shape index (κ3) is 3.22. The van der Waals surface area contributed by atoms with E-state index < -0.39 is 0 Å². The highest BCUT2D eigenvalue weighted by molar-refractivity contribution is 6.30. The maximum atomic E-state index is 12.6. The van der Waals surface area contributed by atoms with Crippen LogP contribution >= 0.6 is 11.6 Å². The molecule has 1 aromatic carbocycles. The van der Waals surface area contributed by atoms with E-state index in [1.807, 2.05) is 19.1 Å². The van der Waals surface area contributed by atoms with Gasteiger partial charge in [0.25, 0.3) is 5.91 Å².